The van der Waals surface area contributed by atoms with Crippen LogP contribution in [0.15, 0.2) is 36.4 Å². The van der Waals surface area contributed by atoms with Crippen LogP contribution in [0.4, 0.5) is 15.8 Å². The van der Waals surface area contributed by atoms with Crippen molar-refractivity contribution in [2.24, 2.45) is 0 Å². The SMILES string of the molecule is O=C1CC(C(=O)Nc2cc(Cl)cc(Cl)c2)c2ccc(F)cc2N1. The molecule has 2 aromatic carbocycles. The van der Waals surface area contributed by atoms with Gasteiger partial charge in [-0.25, -0.2) is 4.39 Å². The van der Waals surface area contributed by atoms with Gasteiger partial charge in [0.2, 0.25) is 11.8 Å². The minimum Gasteiger partial charge on any atom is -0.326 e. The lowest BCUT2D eigenvalue weighted by Gasteiger charge is -2.25. The third kappa shape index (κ3) is 3.46. The van der Waals surface area contributed by atoms with Crippen LogP contribution < -0.4 is 10.6 Å². The van der Waals surface area contributed by atoms with E-state index in [1.54, 1.807) is 18.2 Å². The molecular formula is C16H11Cl2FN2O2. The molecule has 3 rings (SSSR count). The number of carbonyl (C=O) groups is 2. The second kappa shape index (κ2) is 6.18. The van der Waals surface area contributed by atoms with Crippen LogP contribution in [0.5, 0.6) is 0 Å². The molecule has 2 N–H and O–H groups in total. The highest BCUT2D eigenvalue weighted by Crippen LogP contribution is 2.34. The number of benzene rings is 2. The number of amides is 2. The van der Waals surface area contributed by atoms with Crippen molar-refractivity contribution in [2.75, 3.05) is 10.6 Å². The number of hydrogen-bond donors (Lipinski definition) is 2. The van der Waals surface area contributed by atoms with Gasteiger partial charge in [0, 0.05) is 27.8 Å². The molecule has 0 saturated carbocycles. The first-order chi connectivity index (χ1) is 10.9. The van der Waals surface area contributed by atoms with Crippen molar-refractivity contribution in [1.29, 1.82) is 0 Å². The van der Waals surface area contributed by atoms with Crippen LogP contribution in [-0.4, -0.2) is 11.8 Å². The van der Waals surface area contributed by atoms with Gasteiger partial charge in [0.05, 0.1) is 5.92 Å². The normalized spacial score (nSPS) is 16.5. The highest BCUT2D eigenvalue weighted by molar-refractivity contribution is 6.35. The number of anilines is 2. The molecule has 4 nitrogen and oxygen atoms in total. The predicted molar refractivity (Wildman–Crippen MR) is 87.5 cm³/mol. The third-order valence-corrected chi connectivity index (χ3v) is 3.94. The van der Waals surface area contributed by atoms with Gasteiger partial charge in [-0.1, -0.05) is 29.3 Å². The molecule has 0 radical (unpaired) electrons. The smallest absolute Gasteiger partial charge is 0.232 e. The van der Waals surface area contributed by atoms with Crippen molar-refractivity contribution in [1.82, 2.24) is 0 Å². The first kappa shape index (κ1) is 15.8. The monoisotopic (exact) mass is 352 g/mol. The van der Waals surface area contributed by atoms with E-state index < -0.39 is 11.7 Å². The van der Waals surface area contributed by atoms with Crippen molar-refractivity contribution in [3.8, 4) is 0 Å². The van der Waals surface area contributed by atoms with E-state index in [1.165, 1.54) is 18.2 Å². The van der Waals surface area contributed by atoms with Crippen molar-refractivity contribution in [3.05, 3.63) is 57.8 Å². The van der Waals surface area contributed by atoms with E-state index in [4.69, 9.17) is 23.2 Å². The zero-order chi connectivity index (χ0) is 16.6. The van der Waals surface area contributed by atoms with E-state index in [0.29, 0.717) is 27.0 Å². The van der Waals surface area contributed by atoms with E-state index in [0.717, 1.165) is 0 Å². The van der Waals surface area contributed by atoms with Gasteiger partial charge in [0.1, 0.15) is 5.82 Å². The van der Waals surface area contributed by atoms with E-state index in [1.807, 2.05) is 0 Å². The maximum atomic E-state index is 13.3. The molecule has 1 unspecified atom stereocenters. The Morgan fingerprint density at radius 3 is 2.57 bits per heavy atom. The van der Waals surface area contributed by atoms with Gasteiger partial charge in [-0.2, -0.15) is 0 Å². The summed E-state index contributed by atoms with van der Waals surface area (Å²) >= 11 is 11.8. The first-order valence-electron chi connectivity index (χ1n) is 6.78. The summed E-state index contributed by atoms with van der Waals surface area (Å²) in [5.74, 6) is -1.91. The lowest BCUT2D eigenvalue weighted by Crippen LogP contribution is -2.30. The summed E-state index contributed by atoms with van der Waals surface area (Å²) < 4.78 is 13.3. The Labute approximate surface area is 141 Å². The summed E-state index contributed by atoms with van der Waals surface area (Å²) in [5, 5.41) is 6.03. The summed E-state index contributed by atoms with van der Waals surface area (Å²) in [4.78, 5) is 24.3. The molecule has 0 saturated heterocycles. The summed E-state index contributed by atoms with van der Waals surface area (Å²) in [6.45, 7) is 0. The maximum absolute atomic E-state index is 13.3. The minimum atomic E-state index is -0.711. The number of carbonyl (C=O) groups excluding carboxylic acids is 2. The van der Waals surface area contributed by atoms with Crippen molar-refractivity contribution in [3.63, 3.8) is 0 Å². The van der Waals surface area contributed by atoms with Gasteiger partial charge in [0.25, 0.3) is 0 Å². The number of nitrogens with one attached hydrogen (secondary N) is 2. The van der Waals surface area contributed by atoms with Crippen LogP contribution in [0, 0.1) is 5.82 Å². The van der Waals surface area contributed by atoms with Crippen LogP contribution in [0.3, 0.4) is 0 Å². The molecule has 23 heavy (non-hydrogen) atoms. The van der Waals surface area contributed by atoms with Gasteiger partial charge < -0.3 is 10.6 Å². The average Bonchev–Trinajstić information content (AvgIpc) is 2.44. The van der Waals surface area contributed by atoms with Crippen LogP contribution in [-0.2, 0) is 9.59 Å². The Morgan fingerprint density at radius 2 is 1.87 bits per heavy atom. The Kier molecular flexibility index (Phi) is 4.24. The Bertz CT molecular complexity index is 790. The summed E-state index contributed by atoms with van der Waals surface area (Å²) in [7, 11) is 0. The zero-order valence-corrected chi connectivity index (χ0v) is 13.2. The minimum absolute atomic E-state index is 0.0151. The van der Waals surface area contributed by atoms with Crippen molar-refractivity contribution < 1.29 is 14.0 Å². The quantitative estimate of drug-likeness (QED) is 0.850. The summed E-state index contributed by atoms with van der Waals surface area (Å²) in [6.07, 6.45) is -0.0151. The van der Waals surface area contributed by atoms with E-state index in [-0.39, 0.29) is 18.2 Å². The number of rotatable bonds is 2. The second-order valence-corrected chi connectivity index (χ2v) is 6.06. The standard InChI is InChI=1S/C16H11Cl2FN2O2/c17-8-3-9(18)5-11(4-8)20-16(23)13-7-15(22)21-14-6-10(19)1-2-12(13)14/h1-6,13H,7H2,(H,20,23)(H,21,22). The van der Waals surface area contributed by atoms with Crippen LogP contribution in [0.25, 0.3) is 0 Å². The molecule has 0 fully saturated rings. The highest BCUT2D eigenvalue weighted by Gasteiger charge is 2.31. The van der Waals surface area contributed by atoms with Gasteiger partial charge in [-0.15, -0.1) is 0 Å². The lowest BCUT2D eigenvalue weighted by molar-refractivity contribution is -0.123. The fourth-order valence-corrected chi connectivity index (χ4v) is 3.05. The van der Waals surface area contributed by atoms with E-state index in [2.05, 4.69) is 10.6 Å². The van der Waals surface area contributed by atoms with Gasteiger partial charge in [0.15, 0.2) is 0 Å². The molecule has 7 heteroatoms. The fraction of sp³-hybridized carbons (Fsp3) is 0.125. The summed E-state index contributed by atoms with van der Waals surface area (Å²) in [5.41, 5.74) is 1.31. The van der Waals surface area contributed by atoms with Gasteiger partial charge in [-0.05, 0) is 35.9 Å². The second-order valence-electron chi connectivity index (χ2n) is 5.18. The molecule has 0 aromatic heterocycles. The zero-order valence-electron chi connectivity index (χ0n) is 11.7. The van der Waals surface area contributed by atoms with Crippen LogP contribution in [0.1, 0.15) is 17.9 Å². The molecule has 118 valence electrons. The molecule has 1 aliphatic heterocycles. The van der Waals surface area contributed by atoms with Gasteiger partial charge in [-0.3, -0.25) is 9.59 Å². The molecule has 1 aliphatic rings. The van der Waals surface area contributed by atoms with Crippen molar-refractivity contribution in [2.45, 2.75) is 12.3 Å². The number of hydrogen-bond acceptors (Lipinski definition) is 2. The average molecular weight is 353 g/mol. The molecule has 1 heterocycles. The number of fused-ring (bicyclic) bond motifs is 1. The Morgan fingerprint density at radius 1 is 1.17 bits per heavy atom. The molecule has 2 aromatic rings. The molecule has 0 spiro atoms. The number of halogens is 3. The largest absolute Gasteiger partial charge is 0.326 e. The molecular weight excluding hydrogens is 342 g/mol. The molecule has 0 bridgehead atoms. The van der Waals surface area contributed by atoms with Gasteiger partial charge >= 0.3 is 0 Å². The molecule has 2 amide bonds. The van der Waals surface area contributed by atoms with E-state index in [9.17, 15) is 14.0 Å². The van der Waals surface area contributed by atoms with Crippen LogP contribution >= 0.6 is 23.2 Å². The molecule has 0 aliphatic carbocycles. The fourth-order valence-electron chi connectivity index (χ4n) is 2.53. The predicted octanol–water partition coefficient (Wildman–Crippen LogP) is 4.20. The maximum Gasteiger partial charge on any atom is 0.232 e. The van der Waals surface area contributed by atoms with E-state index >= 15 is 0 Å². The van der Waals surface area contributed by atoms with Crippen molar-refractivity contribution >= 4 is 46.4 Å². The lowest BCUT2D eigenvalue weighted by atomic mass is 9.89. The van der Waals surface area contributed by atoms with Crippen LogP contribution in [0.2, 0.25) is 10.0 Å². The molecule has 1 atom stereocenters. The highest BCUT2D eigenvalue weighted by atomic mass is 35.5. The Hall–Kier alpha value is -2.11. The first-order valence-corrected chi connectivity index (χ1v) is 7.54. The Balaban J connectivity index is 1.89. The topological polar surface area (TPSA) is 58.2 Å². The third-order valence-electron chi connectivity index (χ3n) is 3.50. The summed E-state index contributed by atoms with van der Waals surface area (Å²) in [6, 6.07) is 8.61.